The predicted octanol–water partition coefficient (Wildman–Crippen LogP) is 17.4. The van der Waals surface area contributed by atoms with Crippen LogP contribution in [0, 0.1) is 35.5 Å². The number of carbonyl (C=O) groups excluding carboxylic acids is 4. The van der Waals surface area contributed by atoms with E-state index in [4.69, 9.17) is 14.2 Å². The molecule has 8 aromatic rings. The van der Waals surface area contributed by atoms with E-state index in [0.29, 0.717) is 41.9 Å². The van der Waals surface area contributed by atoms with Gasteiger partial charge in [-0.2, -0.15) is 0 Å². The maximum Gasteiger partial charge on any atom is 0.317 e. The summed E-state index contributed by atoms with van der Waals surface area (Å²) in [5.41, 5.74) is 13.5. The van der Waals surface area contributed by atoms with Crippen molar-refractivity contribution in [3.63, 3.8) is 0 Å². The first-order chi connectivity index (χ1) is 67.3. The Kier molecular flexibility index (Phi) is 34.3. The van der Waals surface area contributed by atoms with Crippen molar-refractivity contribution in [1.82, 2.24) is 49.8 Å². The molecule has 12 aliphatic rings. The van der Waals surface area contributed by atoms with Gasteiger partial charge in [0.15, 0.2) is 0 Å². The van der Waals surface area contributed by atoms with Crippen LogP contribution in [0.3, 0.4) is 0 Å². The predicted molar refractivity (Wildman–Crippen MR) is 545 cm³/mol. The SMILES string of the molecule is COC[C@H]1[C@H](c2ccc(/C=C/c3ccccc3)cc2)[C@@H]2CN(C(=O)NC3CCCC3)CCCCN12.COc1ccccc1C#Cc1ccc([C@H]2[C@H](CO)N3CCCCN(C(=O)C4CCC4)C[C@@H]23)cc1.COc1ccccc1C#Cc1ccc([C@H]2[C@H]3CN(C(=O)C4CCC4)CCCCN3[C@H]2CO)cc1.O=C(NC1CCCC1)N1CCCCN2[C@@H](CO)[C@H](c3ccc(/C=C/c4ccccc4)cc3)[C@@H]2C1. The zero-order valence-corrected chi connectivity index (χ0v) is 80.8. The summed E-state index contributed by atoms with van der Waals surface area (Å²) in [4.78, 5) is 70.5. The molecule has 8 heterocycles. The number of nitrogens with one attached hydrogen (secondary N) is 2. The number of hydrogen-bond acceptors (Lipinski definition) is 14. The molecule has 6 amide bonds. The van der Waals surface area contributed by atoms with Gasteiger partial charge in [0.1, 0.15) is 11.5 Å². The molecule has 4 aliphatic carbocycles. The first-order valence-electron chi connectivity index (χ1n) is 51.5. The van der Waals surface area contributed by atoms with E-state index in [1.165, 1.54) is 83.0 Å². The molecular formula is C117H144N10O10. The van der Waals surface area contributed by atoms with Crippen molar-refractivity contribution in [2.75, 3.05) is 126 Å². The summed E-state index contributed by atoms with van der Waals surface area (Å²) in [5, 5.41) is 37.2. The molecular weight excluding hydrogens is 1710 g/mol. The number of amides is 6. The largest absolute Gasteiger partial charge is 0.495 e. The Labute approximate surface area is 813 Å². The number of hydrogen-bond donors (Lipinski definition) is 5. The molecule has 8 saturated heterocycles. The highest BCUT2D eigenvalue weighted by molar-refractivity contribution is 5.81. The molecule has 8 aliphatic heterocycles. The Morgan fingerprint density at radius 3 is 0.934 bits per heavy atom. The number of para-hydroxylation sites is 2. The third kappa shape index (κ3) is 23.8. The average Bonchev–Trinajstić information content (AvgIpc) is 1.73. The third-order valence-electron chi connectivity index (χ3n) is 31.8. The molecule has 0 bridgehead atoms. The fraction of sp³-hybridized carbons (Fsp3) is 0.487. The zero-order valence-electron chi connectivity index (χ0n) is 80.8. The highest BCUT2D eigenvalue weighted by Gasteiger charge is 2.54. The second-order valence-electron chi connectivity index (χ2n) is 40.0. The number of carbonyl (C=O) groups is 4. The summed E-state index contributed by atoms with van der Waals surface area (Å²) in [6, 6.07) is 73.7. The van der Waals surface area contributed by atoms with Crippen molar-refractivity contribution in [2.24, 2.45) is 11.8 Å². The molecule has 0 aromatic heterocycles. The number of benzene rings is 8. The van der Waals surface area contributed by atoms with E-state index in [-0.39, 0.29) is 97.7 Å². The number of urea groups is 2. The van der Waals surface area contributed by atoms with Crippen molar-refractivity contribution in [3.05, 3.63) is 273 Å². The van der Waals surface area contributed by atoms with Crippen molar-refractivity contribution in [3.8, 4) is 35.2 Å². The highest BCUT2D eigenvalue weighted by Crippen LogP contribution is 2.48. The Morgan fingerprint density at radius 2 is 0.613 bits per heavy atom. The summed E-state index contributed by atoms with van der Waals surface area (Å²) in [7, 11) is 5.11. The van der Waals surface area contributed by atoms with Crippen LogP contribution in [0.15, 0.2) is 206 Å². The summed E-state index contributed by atoms with van der Waals surface area (Å²) in [6.07, 6.45) is 33.0. The van der Waals surface area contributed by atoms with Gasteiger partial charge in [0.2, 0.25) is 11.8 Å². The minimum atomic E-state index is 0.0985. The Bertz CT molecular complexity index is 5250. The van der Waals surface area contributed by atoms with Crippen LogP contribution in [-0.4, -0.2) is 265 Å². The standard InChI is InChI=1S/C30H39N3O2.C29H37N3O2.2C29H34N2O3/c1-35-22-28-29(25-17-15-24(16-18-25)14-13-23-9-3-2-4-10-23)27-21-32(19-7-8-20-33(27)28)30(34)31-26-11-5-6-12-26;33-21-27-28(24-16-14-23(15-17-24)13-12-22-8-2-1-3-9-22)26-20-31(18-6-7-19-32(26)27)29(34)30-25-10-4-5-11-25;2*1-34-27-10-3-2-7-22(27)14-11-21-12-15-23(16-13-21)28-25-19-30(29(33)24-8-6-9-24)17-4-5-18-31(25)26(28)20-32/h2-4,9-10,13-18,26-29H,5-8,11-12,19-22H2,1H3,(H,31,34);1-3,8-9,12-17,25-28,33H,4-7,10-11,18-21H2,(H,30,34);2*2-3,7,10,12-13,15-16,24-26,28,32H,4-6,8-9,17-20H2,1H3/b14-13+;13-12+;;/t27-,28-,29+;26-,27-,28+;25-,26+,28+;25-,26-,28+/m0010/s1. The number of aliphatic hydroxyl groups is 3. The topological polar surface area (TPSA) is 207 Å². The van der Waals surface area contributed by atoms with Crippen molar-refractivity contribution < 1.29 is 48.7 Å². The van der Waals surface area contributed by atoms with Crippen molar-refractivity contribution in [1.29, 1.82) is 0 Å². The Balaban J connectivity index is 0.000000127. The van der Waals surface area contributed by atoms with Gasteiger partial charge < -0.3 is 59.8 Å². The van der Waals surface area contributed by atoms with E-state index in [0.717, 1.165) is 222 Å². The van der Waals surface area contributed by atoms with Gasteiger partial charge in [0.25, 0.3) is 0 Å². The minimum Gasteiger partial charge on any atom is -0.495 e. The molecule has 4 saturated carbocycles. The van der Waals surface area contributed by atoms with E-state index in [9.17, 15) is 34.5 Å². The van der Waals surface area contributed by atoms with Crippen molar-refractivity contribution in [2.45, 2.75) is 225 Å². The van der Waals surface area contributed by atoms with Crippen LogP contribution in [0.1, 0.15) is 232 Å². The number of ether oxygens (including phenoxy) is 3. The lowest BCUT2D eigenvalue weighted by atomic mass is 9.74. The van der Waals surface area contributed by atoms with Gasteiger partial charge in [0.05, 0.1) is 51.8 Å². The lowest BCUT2D eigenvalue weighted by Gasteiger charge is -2.57. The van der Waals surface area contributed by atoms with Gasteiger partial charge in [-0.1, -0.05) is 244 Å². The van der Waals surface area contributed by atoms with Gasteiger partial charge >= 0.3 is 12.1 Å². The monoisotopic (exact) mass is 1850 g/mol. The Morgan fingerprint density at radius 1 is 0.321 bits per heavy atom. The minimum absolute atomic E-state index is 0.0985. The van der Waals surface area contributed by atoms with Gasteiger partial charge in [-0.25, -0.2) is 9.59 Å². The van der Waals surface area contributed by atoms with Crippen LogP contribution < -0.4 is 20.1 Å². The summed E-state index contributed by atoms with van der Waals surface area (Å²) < 4.78 is 16.4. The van der Waals surface area contributed by atoms with E-state index < -0.39 is 0 Å². The van der Waals surface area contributed by atoms with Crippen molar-refractivity contribution >= 4 is 48.2 Å². The van der Waals surface area contributed by atoms with Crippen LogP contribution in [0.25, 0.3) is 24.3 Å². The van der Waals surface area contributed by atoms with E-state index >= 15 is 0 Å². The van der Waals surface area contributed by atoms with Crippen LogP contribution in [0.5, 0.6) is 11.5 Å². The van der Waals surface area contributed by atoms with Crippen LogP contribution >= 0.6 is 0 Å². The zero-order chi connectivity index (χ0) is 94.4. The summed E-state index contributed by atoms with van der Waals surface area (Å²) in [6.45, 7) is 11.7. The molecule has 12 fully saturated rings. The third-order valence-corrected chi connectivity index (χ3v) is 31.8. The molecule has 20 rings (SSSR count). The molecule has 8 aromatic carbocycles. The second kappa shape index (κ2) is 48.1. The summed E-state index contributed by atoms with van der Waals surface area (Å²) >= 11 is 0. The second-order valence-corrected chi connectivity index (χ2v) is 40.0. The molecule has 0 spiro atoms. The van der Waals surface area contributed by atoms with Gasteiger partial charge in [-0.15, -0.1) is 0 Å². The fourth-order valence-electron chi connectivity index (χ4n) is 23.7. The number of methoxy groups -OCH3 is 3. The highest BCUT2D eigenvalue weighted by atomic mass is 16.5. The lowest BCUT2D eigenvalue weighted by molar-refractivity contribution is -0.144. The number of aliphatic hydroxyl groups excluding tert-OH is 3. The van der Waals surface area contributed by atoms with E-state index in [1.807, 2.05) is 77.7 Å². The molecule has 5 N–H and O–H groups in total. The molecule has 12 atom stereocenters. The first kappa shape index (κ1) is 97.8. The molecule has 722 valence electrons. The summed E-state index contributed by atoms with van der Waals surface area (Å²) in [5.74, 6) is 16.7. The van der Waals surface area contributed by atoms with Crippen LogP contribution in [-0.2, 0) is 14.3 Å². The molecule has 20 nitrogen and oxygen atoms in total. The lowest BCUT2D eigenvalue weighted by Crippen LogP contribution is -2.68. The number of nitrogens with zero attached hydrogens (tertiary/aromatic N) is 8. The fourth-order valence-corrected chi connectivity index (χ4v) is 23.7. The van der Waals surface area contributed by atoms with Crippen LogP contribution in [0.2, 0.25) is 0 Å². The van der Waals surface area contributed by atoms with Gasteiger partial charge in [-0.3, -0.25) is 29.2 Å². The maximum absolute atomic E-state index is 13.1. The Hall–Kier alpha value is -10.9. The smallest absolute Gasteiger partial charge is 0.317 e. The molecule has 0 unspecified atom stereocenters. The van der Waals surface area contributed by atoms with E-state index in [1.54, 1.807) is 21.3 Å². The average molecular weight is 1850 g/mol. The van der Waals surface area contributed by atoms with Crippen LogP contribution in [0.4, 0.5) is 9.59 Å². The molecule has 20 heteroatoms. The number of fused-ring (bicyclic) bond motifs is 4. The van der Waals surface area contributed by atoms with E-state index in [2.05, 4.69) is 226 Å². The van der Waals surface area contributed by atoms with Gasteiger partial charge in [-0.05, 0) is 222 Å². The molecule has 137 heavy (non-hydrogen) atoms. The first-order valence-corrected chi connectivity index (χ1v) is 51.5. The van der Waals surface area contributed by atoms with Gasteiger partial charge in [0, 0.05) is 167 Å². The molecule has 0 radical (unpaired) electrons. The quantitative estimate of drug-likeness (QED) is 0.0377. The maximum atomic E-state index is 13.1. The normalized spacial score (nSPS) is 25.4. The number of rotatable bonds is 19.